The summed E-state index contributed by atoms with van der Waals surface area (Å²) in [6.45, 7) is 4.04. The van der Waals surface area contributed by atoms with Crippen LogP contribution in [0.25, 0.3) is 11.3 Å². The number of nitrogens with zero attached hydrogens (tertiary/aromatic N) is 4. The molecule has 2 N–H and O–H groups in total. The van der Waals surface area contributed by atoms with Crippen LogP contribution in [-0.4, -0.2) is 28.8 Å². The van der Waals surface area contributed by atoms with Crippen LogP contribution in [0.2, 0.25) is 0 Å². The number of aryl methyl sites for hydroxylation is 1. The number of guanidine groups is 1. The van der Waals surface area contributed by atoms with Crippen molar-refractivity contribution in [2.24, 2.45) is 4.99 Å². The molecule has 1 aromatic carbocycles. The van der Waals surface area contributed by atoms with Gasteiger partial charge in [0.2, 0.25) is 5.96 Å². The highest BCUT2D eigenvalue weighted by Crippen LogP contribution is 2.14. The molecule has 0 radical (unpaired) electrons. The van der Waals surface area contributed by atoms with Gasteiger partial charge in [0.1, 0.15) is 0 Å². The van der Waals surface area contributed by atoms with Crippen molar-refractivity contribution in [3.63, 3.8) is 0 Å². The molecule has 2 aromatic rings. The van der Waals surface area contributed by atoms with Gasteiger partial charge in [0.15, 0.2) is 6.19 Å². The Morgan fingerprint density at radius 3 is 2.74 bits per heavy atom. The fourth-order valence-electron chi connectivity index (χ4n) is 2.56. The zero-order valence-electron chi connectivity index (χ0n) is 15.7. The third-order valence-electron chi connectivity index (χ3n) is 3.94. The van der Waals surface area contributed by atoms with Crippen LogP contribution in [0, 0.1) is 11.5 Å². The number of aliphatic imine (C=N–C) groups is 1. The van der Waals surface area contributed by atoms with Gasteiger partial charge in [-0.2, -0.15) is 10.4 Å². The normalized spacial score (nSPS) is 11.0. The summed E-state index contributed by atoms with van der Waals surface area (Å²) in [6.07, 6.45) is 5.55. The van der Waals surface area contributed by atoms with Crippen molar-refractivity contribution in [2.45, 2.75) is 39.2 Å². The van der Waals surface area contributed by atoms with E-state index in [2.05, 4.69) is 20.7 Å². The molecule has 2 rings (SSSR count). The first kappa shape index (κ1) is 20.2. The molecule has 0 spiro atoms. The second-order valence-electron chi connectivity index (χ2n) is 6.10. The lowest BCUT2D eigenvalue weighted by atomic mass is 10.1. The Kier molecular flexibility index (Phi) is 8.57. The number of benzene rings is 1. The van der Waals surface area contributed by atoms with Crippen molar-refractivity contribution in [2.75, 3.05) is 13.1 Å². The average molecular weight is 366 g/mol. The summed E-state index contributed by atoms with van der Waals surface area (Å²) in [5, 5.41) is 18.9. The highest BCUT2D eigenvalue weighted by molar-refractivity contribution is 5.81. The average Bonchev–Trinajstić information content (AvgIpc) is 2.70. The minimum Gasteiger partial charge on any atom is -0.356 e. The fourth-order valence-corrected chi connectivity index (χ4v) is 2.56. The first-order valence-electron chi connectivity index (χ1n) is 9.31. The van der Waals surface area contributed by atoms with Crippen LogP contribution in [0.3, 0.4) is 0 Å². The summed E-state index contributed by atoms with van der Waals surface area (Å²) >= 11 is 0. The quantitative estimate of drug-likeness (QED) is 0.234. The zero-order chi connectivity index (χ0) is 19.3. The first-order valence-corrected chi connectivity index (χ1v) is 9.31. The molecule has 27 heavy (non-hydrogen) atoms. The zero-order valence-corrected chi connectivity index (χ0v) is 15.7. The van der Waals surface area contributed by atoms with Crippen LogP contribution < -0.4 is 16.2 Å². The Morgan fingerprint density at radius 1 is 1.19 bits per heavy atom. The van der Waals surface area contributed by atoms with Crippen molar-refractivity contribution in [3.8, 4) is 17.5 Å². The van der Waals surface area contributed by atoms with Crippen molar-refractivity contribution in [1.29, 1.82) is 5.26 Å². The van der Waals surface area contributed by atoms with Crippen molar-refractivity contribution in [1.82, 2.24) is 20.4 Å². The van der Waals surface area contributed by atoms with E-state index in [0.29, 0.717) is 19.0 Å². The third kappa shape index (κ3) is 6.94. The lowest BCUT2D eigenvalue weighted by Crippen LogP contribution is -2.35. The minimum absolute atomic E-state index is 0.0833. The molecule has 0 saturated heterocycles. The number of aromatic nitrogens is 2. The van der Waals surface area contributed by atoms with Gasteiger partial charge < -0.3 is 5.32 Å². The van der Waals surface area contributed by atoms with Crippen LogP contribution in [-0.2, 0) is 6.54 Å². The molecule has 0 atom stereocenters. The Balaban J connectivity index is 1.79. The van der Waals surface area contributed by atoms with E-state index in [1.165, 1.54) is 4.68 Å². The highest BCUT2D eigenvalue weighted by atomic mass is 16.1. The van der Waals surface area contributed by atoms with E-state index in [0.717, 1.165) is 43.5 Å². The van der Waals surface area contributed by atoms with Gasteiger partial charge in [-0.15, -0.1) is 0 Å². The molecule has 0 aliphatic heterocycles. The summed E-state index contributed by atoms with van der Waals surface area (Å²) in [7, 11) is 0. The SMILES string of the molecule is CCC/N=C(\NC#N)NCCCCCn1nc(-c2ccccc2)ccc1=O. The van der Waals surface area contributed by atoms with Crippen molar-refractivity contribution < 1.29 is 0 Å². The maximum Gasteiger partial charge on any atom is 0.266 e. The van der Waals surface area contributed by atoms with E-state index in [9.17, 15) is 4.79 Å². The number of unbranched alkanes of at least 4 members (excludes halogenated alkanes) is 2. The van der Waals surface area contributed by atoms with E-state index < -0.39 is 0 Å². The molecule has 0 unspecified atom stereocenters. The number of hydrogen-bond acceptors (Lipinski definition) is 4. The maximum absolute atomic E-state index is 12.0. The summed E-state index contributed by atoms with van der Waals surface area (Å²) in [6, 6.07) is 13.2. The second kappa shape index (κ2) is 11.5. The molecule has 0 saturated carbocycles. The molecule has 1 aromatic heterocycles. The number of nitriles is 1. The van der Waals surface area contributed by atoms with Gasteiger partial charge in [-0.05, 0) is 31.7 Å². The third-order valence-corrected chi connectivity index (χ3v) is 3.94. The molecule has 1 heterocycles. The van der Waals surface area contributed by atoms with Gasteiger partial charge in [-0.25, -0.2) is 4.68 Å². The Hall–Kier alpha value is -3.14. The van der Waals surface area contributed by atoms with Crippen LogP contribution in [0.15, 0.2) is 52.3 Å². The Bertz CT molecular complexity index is 822. The van der Waals surface area contributed by atoms with Crippen molar-refractivity contribution in [3.05, 3.63) is 52.8 Å². The summed E-state index contributed by atoms with van der Waals surface area (Å²) in [5.41, 5.74) is 1.72. The molecule has 0 fully saturated rings. The van der Waals surface area contributed by atoms with Gasteiger partial charge in [0.25, 0.3) is 5.56 Å². The van der Waals surface area contributed by atoms with E-state index in [1.54, 1.807) is 12.1 Å². The molecule has 0 aliphatic rings. The number of hydrogen-bond donors (Lipinski definition) is 2. The topological polar surface area (TPSA) is 95.1 Å². The predicted molar refractivity (Wildman–Crippen MR) is 107 cm³/mol. The van der Waals surface area contributed by atoms with Crippen molar-refractivity contribution >= 4 is 5.96 Å². The number of nitrogens with one attached hydrogen (secondary N) is 2. The first-order chi connectivity index (χ1) is 13.2. The van der Waals surface area contributed by atoms with Gasteiger partial charge in [0.05, 0.1) is 5.69 Å². The number of rotatable bonds is 9. The lowest BCUT2D eigenvalue weighted by molar-refractivity contribution is 0.521. The highest BCUT2D eigenvalue weighted by Gasteiger charge is 2.03. The predicted octanol–water partition coefficient (Wildman–Crippen LogP) is 2.51. The fraction of sp³-hybridized carbons (Fsp3) is 0.400. The van der Waals surface area contributed by atoms with Gasteiger partial charge in [-0.3, -0.25) is 15.1 Å². The van der Waals surface area contributed by atoms with Crippen LogP contribution >= 0.6 is 0 Å². The molecule has 0 amide bonds. The van der Waals surface area contributed by atoms with E-state index in [4.69, 9.17) is 5.26 Å². The van der Waals surface area contributed by atoms with E-state index in [-0.39, 0.29) is 5.56 Å². The van der Waals surface area contributed by atoms with E-state index >= 15 is 0 Å². The summed E-state index contributed by atoms with van der Waals surface area (Å²) in [5.74, 6) is 0.521. The minimum atomic E-state index is -0.0833. The van der Waals surface area contributed by atoms with Crippen LogP contribution in [0.5, 0.6) is 0 Å². The Morgan fingerprint density at radius 2 is 2.00 bits per heavy atom. The molecule has 7 heteroatoms. The van der Waals surface area contributed by atoms with Crippen LogP contribution in [0.4, 0.5) is 0 Å². The molecule has 142 valence electrons. The lowest BCUT2D eigenvalue weighted by Gasteiger charge is -2.09. The standard InChI is InChI=1S/C20H26N6O/c1-2-13-22-20(24-16-21)23-14-7-4-8-15-26-19(27)12-11-18(25-26)17-9-5-3-6-10-17/h3,5-6,9-12H,2,4,7-8,13-15H2,1H3,(H2,22,23,24). The summed E-state index contributed by atoms with van der Waals surface area (Å²) in [4.78, 5) is 16.3. The van der Waals surface area contributed by atoms with Gasteiger partial charge >= 0.3 is 0 Å². The van der Waals surface area contributed by atoms with Crippen LogP contribution in [0.1, 0.15) is 32.6 Å². The summed E-state index contributed by atoms with van der Waals surface area (Å²) < 4.78 is 1.53. The smallest absolute Gasteiger partial charge is 0.266 e. The molecular formula is C20H26N6O. The second-order valence-corrected chi connectivity index (χ2v) is 6.10. The monoisotopic (exact) mass is 366 g/mol. The molecule has 0 bridgehead atoms. The van der Waals surface area contributed by atoms with Gasteiger partial charge in [0, 0.05) is 31.3 Å². The molecule has 0 aliphatic carbocycles. The molecule has 7 nitrogen and oxygen atoms in total. The van der Waals surface area contributed by atoms with Gasteiger partial charge in [-0.1, -0.05) is 37.3 Å². The Labute approximate surface area is 159 Å². The maximum atomic E-state index is 12.0. The van der Waals surface area contributed by atoms with E-state index in [1.807, 2.05) is 43.4 Å². The largest absolute Gasteiger partial charge is 0.356 e. The molecular weight excluding hydrogens is 340 g/mol.